The molecule has 0 amide bonds. The van der Waals surface area contributed by atoms with Gasteiger partial charge in [0, 0.05) is 43.0 Å². The largest absolute Gasteiger partial charge is 0.331 e. The maximum atomic E-state index is 4.48. The van der Waals surface area contributed by atoms with E-state index < -0.39 is 0 Å². The van der Waals surface area contributed by atoms with E-state index in [9.17, 15) is 0 Å². The van der Waals surface area contributed by atoms with Gasteiger partial charge in [-0.15, -0.1) is 0 Å². The lowest BCUT2D eigenvalue weighted by molar-refractivity contribution is 0.153. The Morgan fingerprint density at radius 3 is 3.00 bits per heavy atom. The van der Waals surface area contributed by atoms with Gasteiger partial charge in [-0.3, -0.25) is 0 Å². The Kier molecular flexibility index (Phi) is 3.52. The molecule has 0 saturated carbocycles. The molecule has 3 aliphatic rings. The maximum absolute atomic E-state index is 4.48. The Labute approximate surface area is 121 Å². The molecule has 3 aliphatic heterocycles. The average Bonchev–Trinajstić information content (AvgIpc) is 3.16. The Morgan fingerprint density at radius 2 is 2.10 bits per heavy atom. The molecule has 0 radical (unpaired) electrons. The van der Waals surface area contributed by atoms with Gasteiger partial charge in [-0.1, -0.05) is 0 Å². The summed E-state index contributed by atoms with van der Waals surface area (Å²) in [7, 11) is 0. The van der Waals surface area contributed by atoms with Crippen molar-refractivity contribution in [2.45, 2.75) is 56.5 Å². The van der Waals surface area contributed by atoms with Gasteiger partial charge in [0.05, 0.1) is 6.33 Å². The second-order valence-corrected chi connectivity index (χ2v) is 6.78. The molecule has 3 fully saturated rings. The van der Waals surface area contributed by atoms with Crippen LogP contribution in [0.4, 0.5) is 0 Å². The van der Waals surface area contributed by atoms with E-state index in [-0.39, 0.29) is 0 Å². The topological polar surface area (TPSA) is 33.1 Å². The van der Waals surface area contributed by atoms with Crippen molar-refractivity contribution in [2.24, 2.45) is 0 Å². The first-order valence-electron chi connectivity index (χ1n) is 8.38. The predicted octanol–water partition coefficient (Wildman–Crippen LogP) is 2.15. The number of nitrogens with one attached hydrogen (secondary N) is 1. The summed E-state index contributed by atoms with van der Waals surface area (Å²) in [5.41, 5.74) is 1.48. The lowest BCUT2D eigenvalue weighted by Crippen LogP contribution is -2.39. The second kappa shape index (κ2) is 5.49. The summed E-state index contributed by atoms with van der Waals surface area (Å²) in [6.45, 7) is 4.94. The molecule has 0 spiro atoms. The molecule has 3 unspecified atom stereocenters. The van der Waals surface area contributed by atoms with E-state index in [0.717, 1.165) is 12.6 Å². The average molecular weight is 274 g/mol. The minimum absolute atomic E-state index is 0.674. The van der Waals surface area contributed by atoms with Crippen LogP contribution in [-0.2, 0) is 0 Å². The Bertz CT molecular complexity index is 449. The maximum Gasteiger partial charge on any atom is 0.0950 e. The number of imidazole rings is 1. The molecule has 4 rings (SSSR count). The third kappa shape index (κ3) is 2.29. The molecule has 0 bridgehead atoms. The Morgan fingerprint density at radius 1 is 1.10 bits per heavy atom. The standard InChI is InChI=1S/C16H26N4/c1-3-13(10-17-6-1)16-11-18-12-20(16)15-5-8-19-7-2-4-14(19)9-15/h11-15,17H,1-10H2. The van der Waals surface area contributed by atoms with Crippen molar-refractivity contribution in [1.29, 1.82) is 0 Å². The van der Waals surface area contributed by atoms with Gasteiger partial charge < -0.3 is 14.8 Å². The van der Waals surface area contributed by atoms with Crippen molar-refractivity contribution >= 4 is 0 Å². The van der Waals surface area contributed by atoms with Crippen LogP contribution < -0.4 is 5.32 Å². The molecule has 110 valence electrons. The number of nitrogens with zero attached hydrogens (tertiary/aromatic N) is 3. The molecular weight excluding hydrogens is 248 g/mol. The Hall–Kier alpha value is -0.870. The van der Waals surface area contributed by atoms with Gasteiger partial charge in [-0.05, 0) is 51.6 Å². The van der Waals surface area contributed by atoms with E-state index in [0.29, 0.717) is 12.0 Å². The first kappa shape index (κ1) is 12.8. The van der Waals surface area contributed by atoms with Gasteiger partial charge in [0.1, 0.15) is 0 Å². The van der Waals surface area contributed by atoms with Crippen LogP contribution in [-0.4, -0.2) is 46.7 Å². The third-order valence-electron chi connectivity index (χ3n) is 5.60. The molecule has 4 nitrogen and oxygen atoms in total. The van der Waals surface area contributed by atoms with Crippen molar-refractivity contribution in [3.05, 3.63) is 18.2 Å². The highest BCUT2D eigenvalue weighted by Crippen LogP contribution is 2.35. The molecule has 1 aromatic heterocycles. The number of hydrogen-bond acceptors (Lipinski definition) is 3. The van der Waals surface area contributed by atoms with Crippen molar-refractivity contribution in [2.75, 3.05) is 26.2 Å². The van der Waals surface area contributed by atoms with Crippen molar-refractivity contribution in [3.63, 3.8) is 0 Å². The first-order valence-corrected chi connectivity index (χ1v) is 8.38. The smallest absolute Gasteiger partial charge is 0.0950 e. The van der Waals surface area contributed by atoms with Gasteiger partial charge in [0.25, 0.3) is 0 Å². The molecule has 0 aliphatic carbocycles. The summed E-state index contributed by atoms with van der Waals surface area (Å²) < 4.78 is 2.52. The minimum Gasteiger partial charge on any atom is -0.331 e. The Balaban J connectivity index is 1.52. The van der Waals surface area contributed by atoms with Gasteiger partial charge in [-0.25, -0.2) is 4.98 Å². The summed E-state index contributed by atoms with van der Waals surface area (Å²) in [6, 6.07) is 1.53. The summed E-state index contributed by atoms with van der Waals surface area (Å²) in [6.07, 6.45) is 12.3. The third-order valence-corrected chi connectivity index (χ3v) is 5.60. The molecule has 4 heterocycles. The van der Waals surface area contributed by atoms with Gasteiger partial charge in [0.2, 0.25) is 0 Å². The fourth-order valence-electron chi connectivity index (χ4n) is 4.50. The van der Waals surface area contributed by atoms with Crippen LogP contribution in [0.15, 0.2) is 12.5 Å². The van der Waals surface area contributed by atoms with Crippen LogP contribution in [0.1, 0.15) is 56.2 Å². The normalized spacial score (nSPS) is 35.1. The van der Waals surface area contributed by atoms with Gasteiger partial charge in [-0.2, -0.15) is 0 Å². The zero-order valence-corrected chi connectivity index (χ0v) is 12.3. The van der Waals surface area contributed by atoms with Gasteiger partial charge in [0.15, 0.2) is 0 Å². The van der Waals surface area contributed by atoms with Crippen molar-refractivity contribution < 1.29 is 0 Å². The van der Waals surface area contributed by atoms with E-state index in [1.807, 2.05) is 0 Å². The zero-order valence-electron chi connectivity index (χ0n) is 12.3. The van der Waals surface area contributed by atoms with E-state index in [1.165, 1.54) is 63.9 Å². The zero-order chi connectivity index (χ0) is 13.4. The van der Waals surface area contributed by atoms with Crippen LogP contribution in [0.3, 0.4) is 0 Å². The summed E-state index contributed by atoms with van der Waals surface area (Å²) in [4.78, 5) is 7.18. The highest BCUT2D eigenvalue weighted by Gasteiger charge is 2.33. The number of aromatic nitrogens is 2. The van der Waals surface area contributed by atoms with Crippen molar-refractivity contribution in [3.8, 4) is 0 Å². The number of hydrogen-bond donors (Lipinski definition) is 1. The van der Waals surface area contributed by atoms with Gasteiger partial charge >= 0.3 is 0 Å². The molecule has 3 atom stereocenters. The van der Waals surface area contributed by atoms with E-state index in [2.05, 4.69) is 32.3 Å². The highest BCUT2D eigenvalue weighted by atomic mass is 15.2. The highest BCUT2D eigenvalue weighted by molar-refractivity contribution is 5.10. The number of piperidine rings is 2. The number of fused-ring (bicyclic) bond motifs is 1. The molecular formula is C16H26N4. The van der Waals surface area contributed by atoms with Crippen LogP contribution >= 0.6 is 0 Å². The lowest BCUT2D eigenvalue weighted by Gasteiger charge is -2.37. The minimum atomic E-state index is 0.674. The van der Waals surface area contributed by atoms with E-state index in [1.54, 1.807) is 0 Å². The van der Waals surface area contributed by atoms with Crippen molar-refractivity contribution in [1.82, 2.24) is 19.8 Å². The SMILES string of the molecule is c1ncn(C2CCN3CCCC3C2)c1C1CCCNC1. The quantitative estimate of drug-likeness (QED) is 0.897. The fraction of sp³-hybridized carbons (Fsp3) is 0.812. The molecule has 4 heteroatoms. The van der Waals surface area contributed by atoms with Crippen LogP contribution in [0.25, 0.3) is 0 Å². The molecule has 3 saturated heterocycles. The van der Waals surface area contributed by atoms with Crippen LogP contribution in [0.5, 0.6) is 0 Å². The van der Waals surface area contributed by atoms with Crippen LogP contribution in [0, 0.1) is 0 Å². The van der Waals surface area contributed by atoms with E-state index >= 15 is 0 Å². The molecule has 0 aromatic carbocycles. The molecule has 1 N–H and O–H groups in total. The number of rotatable bonds is 2. The first-order chi connectivity index (χ1) is 9.92. The molecule has 1 aromatic rings. The summed E-state index contributed by atoms with van der Waals surface area (Å²) in [5, 5.41) is 3.54. The summed E-state index contributed by atoms with van der Waals surface area (Å²) >= 11 is 0. The van der Waals surface area contributed by atoms with Crippen LogP contribution in [0.2, 0.25) is 0 Å². The monoisotopic (exact) mass is 274 g/mol. The summed E-state index contributed by atoms with van der Waals surface area (Å²) in [5.74, 6) is 0.674. The lowest BCUT2D eigenvalue weighted by atomic mass is 9.93. The second-order valence-electron chi connectivity index (χ2n) is 6.78. The predicted molar refractivity (Wildman–Crippen MR) is 79.9 cm³/mol. The fourth-order valence-corrected chi connectivity index (χ4v) is 4.50. The molecule has 20 heavy (non-hydrogen) atoms. The van der Waals surface area contributed by atoms with E-state index in [4.69, 9.17) is 0 Å².